The fourth-order valence-corrected chi connectivity index (χ4v) is 2.91. The first kappa shape index (κ1) is 16.1. The molecule has 0 amide bonds. The molecule has 0 aliphatic carbocycles. The molecule has 0 aliphatic heterocycles. The molecule has 0 heterocycles. The third-order valence-electron chi connectivity index (χ3n) is 2.48. The summed E-state index contributed by atoms with van der Waals surface area (Å²) in [6.07, 6.45) is 0. The van der Waals surface area contributed by atoms with E-state index in [-0.39, 0.29) is 36.2 Å². The molecule has 0 fully saturated rings. The minimum Gasteiger partial charge on any atom is -0.204 e. The summed E-state index contributed by atoms with van der Waals surface area (Å²) in [6, 6.07) is 1.46. The molecule has 0 bridgehead atoms. The van der Waals surface area contributed by atoms with Crippen LogP contribution in [-0.2, 0) is 0 Å². The minimum atomic E-state index is -1.60. The van der Waals surface area contributed by atoms with Crippen LogP contribution in [0.3, 0.4) is 0 Å². The molecular weight excluding hydrogens is 378 g/mol. The highest BCUT2D eigenvalue weighted by molar-refractivity contribution is 6.56. The predicted octanol–water partition coefficient (Wildman–Crippen LogP) is 7.04. The van der Waals surface area contributed by atoms with Crippen molar-refractivity contribution < 1.29 is 13.2 Å². The van der Waals surface area contributed by atoms with Crippen molar-refractivity contribution in [3.05, 3.63) is 54.7 Å². The van der Waals surface area contributed by atoms with Crippen LogP contribution in [0.4, 0.5) is 13.2 Å². The van der Waals surface area contributed by atoms with Crippen LogP contribution in [0.25, 0.3) is 11.1 Å². The van der Waals surface area contributed by atoms with E-state index in [1.807, 2.05) is 0 Å². The van der Waals surface area contributed by atoms with Crippen molar-refractivity contribution in [2.75, 3.05) is 0 Å². The van der Waals surface area contributed by atoms with Gasteiger partial charge in [0.1, 0.15) is 0 Å². The van der Waals surface area contributed by atoms with Gasteiger partial charge in [0, 0.05) is 5.56 Å². The van der Waals surface area contributed by atoms with E-state index in [0.717, 1.165) is 12.1 Å². The second-order valence-electron chi connectivity index (χ2n) is 3.70. The summed E-state index contributed by atoms with van der Waals surface area (Å²) in [5.41, 5.74) is -0.151. The number of hydrogen-bond acceptors (Lipinski definition) is 0. The number of hydrogen-bond donors (Lipinski definition) is 0. The van der Waals surface area contributed by atoms with Crippen LogP contribution >= 0.6 is 58.0 Å². The van der Waals surface area contributed by atoms with Gasteiger partial charge in [0.15, 0.2) is 17.5 Å². The first-order valence-corrected chi connectivity index (χ1v) is 6.81. The second kappa shape index (κ2) is 5.82. The molecule has 2 aromatic carbocycles. The quantitative estimate of drug-likeness (QED) is 0.368. The summed E-state index contributed by atoms with van der Waals surface area (Å²) < 4.78 is 39.5. The number of halogens is 8. The first-order chi connectivity index (χ1) is 9.25. The lowest BCUT2D eigenvalue weighted by Crippen LogP contribution is -1.94. The Labute approximate surface area is 137 Å². The second-order valence-corrected chi connectivity index (χ2v) is 5.59. The van der Waals surface area contributed by atoms with E-state index in [0.29, 0.717) is 0 Å². The van der Waals surface area contributed by atoms with Crippen LogP contribution in [0.15, 0.2) is 12.1 Å². The third kappa shape index (κ3) is 2.58. The van der Waals surface area contributed by atoms with Gasteiger partial charge in [0.05, 0.1) is 25.1 Å². The normalized spacial score (nSPS) is 11.0. The molecule has 0 radical (unpaired) electrons. The Bertz CT molecular complexity index is 663. The fraction of sp³-hybridized carbons (Fsp3) is 0. The van der Waals surface area contributed by atoms with Gasteiger partial charge in [0.25, 0.3) is 0 Å². The van der Waals surface area contributed by atoms with Gasteiger partial charge in [0.2, 0.25) is 0 Å². The molecule has 0 spiro atoms. The summed E-state index contributed by atoms with van der Waals surface area (Å²) >= 11 is 29.4. The van der Waals surface area contributed by atoms with Crippen LogP contribution < -0.4 is 0 Å². The molecule has 0 saturated heterocycles. The zero-order valence-corrected chi connectivity index (χ0v) is 13.0. The number of benzene rings is 2. The molecule has 0 saturated carbocycles. The molecule has 0 atom stereocenters. The highest BCUT2D eigenvalue weighted by atomic mass is 35.5. The topological polar surface area (TPSA) is 0 Å². The molecule has 20 heavy (non-hydrogen) atoms. The van der Waals surface area contributed by atoms with Gasteiger partial charge in [-0.1, -0.05) is 58.0 Å². The Morgan fingerprint density at radius 2 is 0.950 bits per heavy atom. The van der Waals surface area contributed by atoms with E-state index in [4.69, 9.17) is 58.0 Å². The zero-order valence-electron chi connectivity index (χ0n) is 9.18. The minimum absolute atomic E-state index is 0.0365. The molecule has 2 rings (SSSR count). The highest BCUT2D eigenvalue weighted by Gasteiger charge is 2.22. The van der Waals surface area contributed by atoms with Gasteiger partial charge in [-0.2, -0.15) is 0 Å². The molecule has 0 N–H and O–H groups in total. The molecule has 2 aromatic rings. The van der Waals surface area contributed by atoms with Crippen molar-refractivity contribution in [2.45, 2.75) is 0 Å². The molecule has 0 nitrogen and oxygen atoms in total. The summed E-state index contributed by atoms with van der Waals surface area (Å²) in [5, 5.41) is -0.617. The van der Waals surface area contributed by atoms with E-state index in [1.165, 1.54) is 0 Å². The molecular formula is C12H2Cl5F3. The summed E-state index contributed by atoms with van der Waals surface area (Å²) in [5.74, 6) is -4.39. The van der Waals surface area contributed by atoms with Crippen molar-refractivity contribution in [1.29, 1.82) is 0 Å². The summed E-state index contributed by atoms with van der Waals surface area (Å²) in [6.45, 7) is 0. The van der Waals surface area contributed by atoms with Crippen molar-refractivity contribution in [2.24, 2.45) is 0 Å². The van der Waals surface area contributed by atoms with Crippen LogP contribution in [0.5, 0.6) is 0 Å². The maximum absolute atomic E-state index is 13.3. The van der Waals surface area contributed by atoms with Crippen molar-refractivity contribution in [3.8, 4) is 11.1 Å². The maximum Gasteiger partial charge on any atom is 0.194 e. The van der Waals surface area contributed by atoms with Crippen LogP contribution in [-0.4, -0.2) is 0 Å². The maximum atomic E-state index is 13.3. The van der Waals surface area contributed by atoms with Gasteiger partial charge in [-0.05, 0) is 17.7 Å². The lowest BCUT2D eigenvalue weighted by atomic mass is 10.0. The van der Waals surface area contributed by atoms with Crippen molar-refractivity contribution in [1.82, 2.24) is 0 Å². The predicted molar refractivity (Wildman–Crippen MR) is 76.8 cm³/mol. The Kier molecular flexibility index (Phi) is 4.67. The van der Waals surface area contributed by atoms with E-state index >= 15 is 0 Å². The summed E-state index contributed by atoms with van der Waals surface area (Å²) in [7, 11) is 0. The monoisotopic (exact) mass is 378 g/mol. The largest absolute Gasteiger partial charge is 0.204 e. The Hall–Kier alpha value is -0.320. The van der Waals surface area contributed by atoms with Crippen molar-refractivity contribution in [3.63, 3.8) is 0 Å². The van der Waals surface area contributed by atoms with Gasteiger partial charge in [-0.15, -0.1) is 0 Å². The van der Waals surface area contributed by atoms with E-state index in [9.17, 15) is 13.2 Å². The summed E-state index contributed by atoms with van der Waals surface area (Å²) in [4.78, 5) is 0. The Morgan fingerprint density at radius 1 is 0.600 bits per heavy atom. The van der Waals surface area contributed by atoms with E-state index in [1.54, 1.807) is 0 Å². The standard InChI is InChI=1S/C12H2Cl5F3/c13-7-6(8(14)10(16)11(17)9(7)15)3-1-4(18)12(20)5(19)2-3/h1-2H. The first-order valence-electron chi connectivity index (χ1n) is 4.92. The Balaban J connectivity index is 2.83. The Morgan fingerprint density at radius 3 is 1.35 bits per heavy atom. The average molecular weight is 380 g/mol. The van der Waals surface area contributed by atoms with E-state index in [2.05, 4.69) is 0 Å². The lowest BCUT2D eigenvalue weighted by Gasteiger charge is -2.13. The van der Waals surface area contributed by atoms with Gasteiger partial charge in [-0.25, -0.2) is 13.2 Å². The van der Waals surface area contributed by atoms with Crippen molar-refractivity contribution >= 4 is 58.0 Å². The van der Waals surface area contributed by atoms with Crippen LogP contribution in [0.2, 0.25) is 25.1 Å². The van der Waals surface area contributed by atoms with Gasteiger partial charge < -0.3 is 0 Å². The molecule has 106 valence electrons. The molecule has 0 aromatic heterocycles. The van der Waals surface area contributed by atoms with Gasteiger partial charge >= 0.3 is 0 Å². The average Bonchev–Trinajstić information content (AvgIpc) is 2.40. The molecule has 0 aliphatic rings. The molecule has 0 unspecified atom stereocenters. The zero-order chi connectivity index (χ0) is 15.2. The van der Waals surface area contributed by atoms with Crippen LogP contribution in [0, 0.1) is 17.5 Å². The van der Waals surface area contributed by atoms with E-state index < -0.39 is 17.5 Å². The lowest BCUT2D eigenvalue weighted by molar-refractivity contribution is 0.448. The molecule has 8 heteroatoms. The van der Waals surface area contributed by atoms with Gasteiger partial charge in [-0.3, -0.25) is 0 Å². The SMILES string of the molecule is Fc1cc(-c2c(Cl)c(Cl)c(Cl)c(Cl)c2Cl)cc(F)c1F. The highest BCUT2D eigenvalue weighted by Crippen LogP contribution is 2.48. The van der Waals surface area contributed by atoms with Crippen LogP contribution in [0.1, 0.15) is 0 Å². The third-order valence-corrected chi connectivity index (χ3v) is 4.76. The fourth-order valence-electron chi connectivity index (χ4n) is 1.56. The number of rotatable bonds is 1. The smallest absolute Gasteiger partial charge is 0.194 e.